The fourth-order valence-corrected chi connectivity index (χ4v) is 2.11. The number of aliphatic hydroxyl groups is 1. The first-order valence-electron chi connectivity index (χ1n) is 6.07. The second kappa shape index (κ2) is 5.69. The fraction of sp³-hybridized carbons (Fsp3) is 0.250. The summed E-state index contributed by atoms with van der Waals surface area (Å²) in [6.07, 6.45) is 0.0603. The maximum atomic E-state index is 10.3. The largest absolute Gasteiger partial charge is 0.496 e. The lowest BCUT2D eigenvalue weighted by atomic mass is 9.99. The lowest BCUT2D eigenvalue weighted by Gasteiger charge is -2.15. The second-order valence-electron chi connectivity index (χ2n) is 4.45. The van der Waals surface area contributed by atoms with Gasteiger partial charge in [-0.1, -0.05) is 48.0 Å². The summed E-state index contributed by atoms with van der Waals surface area (Å²) in [6, 6.07) is 15.8. The van der Waals surface area contributed by atoms with Crippen LogP contribution in [0, 0.1) is 6.92 Å². The van der Waals surface area contributed by atoms with E-state index in [4.69, 9.17) is 4.74 Å². The number of aryl methyl sites for hydroxylation is 1. The van der Waals surface area contributed by atoms with Crippen LogP contribution in [0.5, 0.6) is 5.75 Å². The van der Waals surface area contributed by atoms with Crippen LogP contribution in [-0.4, -0.2) is 12.2 Å². The Kier molecular flexibility index (Phi) is 4.00. The second-order valence-corrected chi connectivity index (χ2v) is 4.45. The van der Waals surface area contributed by atoms with Crippen molar-refractivity contribution in [1.29, 1.82) is 0 Å². The molecule has 94 valence electrons. The molecule has 0 bridgehead atoms. The zero-order valence-electron chi connectivity index (χ0n) is 10.8. The minimum absolute atomic E-state index is 0.539. The number of rotatable bonds is 4. The number of para-hydroxylation sites is 1. The van der Waals surface area contributed by atoms with Gasteiger partial charge in [-0.05, 0) is 18.6 Å². The first-order chi connectivity index (χ1) is 8.70. The molecule has 2 rings (SSSR count). The van der Waals surface area contributed by atoms with E-state index in [0.717, 1.165) is 16.9 Å². The molecule has 2 aromatic carbocycles. The quantitative estimate of drug-likeness (QED) is 0.891. The summed E-state index contributed by atoms with van der Waals surface area (Å²) in [5.74, 6) is 0.734. The normalized spacial score (nSPS) is 12.2. The molecule has 2 aromatic rings. The summed E-state index contributed by atoms with van der Waals surface area (Å²) < 4.78 is 5.27. The van der Waals surface area contributed by atoms with Gasteiger partial charge in [-0.15, -0.1) is 0 Å². The van der Waals surface area contributed by atoms with Crippen molar-refractivity contribution >= 4 is 0 Å². The molecule has 0 saturated carbocycles. The van der Waals surface area contributed by atoms with Crippen LogP contribution in [0.25, 0.3) is 0 Å². The maximum Gasteiger partial charge on any atom is 0.124 e. The molecular weight excluding hydrogens is 224 g/mol. The average Bonchev–Trinajstić information content (AvgIpc) is 2.38. The molecule has 2 nitrogen and oxygen atoms in total. The Labute approximate surface area is 108 Å². The minimum Gasteiger partial charge on any atom is -0.496 e. The van der Waals surface area contributed by atoms with Gasteiger partial charge in [-0.25, -0.2) is 0 Å². The molecular formula is C16H18O2. The molecule has 0 saturated heterocycles. The van der Waals surface area contributed by atoms with Gasteiger partial charge in [0.1, 0.15) is 5.75 Å². The van der Waals surface area contributed by atoms with E-state index in [1.54, 1.807) is 7.11 Å². The molecule has 2 heteroatoms. The summed E-state index contributed by atoms with van der Waals surface area (Å²) in [7, 11) is 1.62. The summed E-state index contributed by atoms with van der Waals surface area (Å²) in [4.78, 5) is 0. The molecule has 0 aliphatic carbocycles. The van der Waals surface area contributed by atoms with Crippen molar-refractivity contribution in [2.24, 2.45) is 0 Å². The number of methoxy groups -OCH3 is 1. The minimum atomic E-state index is -0.539. The van der Waals surface area contributed by atoms with E-state index in [-0.39, 0.29) is 0 Å². The lowest BCUT2D eigenvalue weighted by Crippen LogP contribution is -2.04. The van der Waals surface area contributed by atoms with Gasteiger partial charge in [0.15, 0.2) is 0 Å². The van der Waals surface area contributed by atoms with Crippen LogP contribution in [0.2, 0.25) is 0 Å². The average molecular weight is 242 g/mol. The highest BCUT2D eigenvalue weighted by atomic mass is 16.5. The zero-order chi connectivity index (χ0) is 13.0. The molecule has 18 heavy (non-hydrogen) atoms. The standard InChI is InChI=1S/C16H18O2/c1-12-6-5-7-13(10-12)11-15(17)14-8-3-4-9-16(14)18-2/h3-10,15,17H,11H2,1-2H3. The number of aliphatic hydroxyl groups excluding tert-OH is 1. The van der Waals surface area contributed by atoms with Crippen molar-refractivity contribution in [2.75, 3.05) is 7.11 Å². The van der Waals surface area contributed by atoms with Gasteiger partial charge in [-0.3, -0.25) is 0 Å². The molecule has 1 unspecified atom stereocenters. The highest BCUT2D eigenvalue weighted by Gasteiger charge is 2.13. The van der Waals surface area contributed by atoms with Gasteiger partial charge in [0.25, 0.3) is 0 Å². The maximum absolute atomic E-state index is 10.3. The molecule has 1 atom stereocenters. The topological polar surface area (TPSA) is 29.5 Å². The Bertz CT molecular complexity index is 520. The first kappa shape index (κ1) is 12.7. The van der Waals surface area contributed by atoms with Crippen LogP contribution in [0.15, 0.2) is 48.5 Å². The first-order valence-corrected chi connectivity index (χ1v) is 6.07. The van der Waals surface area contributed by atoms with Crippen LogP contribution in [-0.2, 0) is 6.42 Å². The number of hydrogen-bond donors (Lipinski definition) is 1. The molecule has 0 aromatic heterocycles. The van der Waals surface area contributed by atoms with E-state index in [1.165, 1.54) is 5.56 Å². The van der Waals surface area contributed by atoms with E-state index >= 15 is 0 Å². The van der Waals surface area contributed by atoms with Crippen molar-refractivity contribution < 1.29 is 9.84 Å². The summed E-state index contributed by atoms with van der Waals surface area (Å²) in [5, 5.41) is 10.3. The molecule has 0 spiro atoms. The van der Waals surface area contributed by atoms with Crippen molar-refractivity contribution in [3.05, 3.63) is 65.2 Å². The predicted octanol–water partition coefficient (Wildman–Crippen LogP) is 3.28. The number of hydrogen-bond acceptors (Lipinski definition) is 2. The van der Waals surface area contributed by atoms with Crippen molar-refractivity contribution in [2.45, 2.75) is 19.4 Å². The Hall–Kier alpha value is -1.80. The highest BCUT2D eigenvalue weighted by Crippen LogP contribution is 2.27. The van der Waals surface area contributed by atoms with Gasteiger partial charge in [0.05, 0.1) is 13.2 Å². The third-order valence-electron chi connectivity index (χ3n) is 3.01. The van der Waals surface area contributed by atoms with Crippen molar-refractivity contribution in [1.82, 2.24) is 0 Å². The Morgan fingerprint density at radius 1 is 1.11 bits per heavy atom. The highest BCUT2D eigenvalue weighted by molar-refractivity contribution is 5.36. The van der Waals surface area contributed by atoms with Crippen LogP contribution < -0.4 is 4.74 Å². The smallest absolute Gasteiger partial charge is 0.124 e. The van der Waals surface area contributed by atoms with Crippen molar-refractivity contribution in [3.8, 4) is 5.75 Å². The summed E-state index contributed by atoms with van der Waals surface area (Å²) >= 11 is 0. The molecule has 1 N–H and O–H groups in total. The molecule has 0 aliphatic rings. The van der Waals surface area contributed by atoms with E-state index in [9.17, 15) is 5.11 Å². The van der Waals surface area contributed by atoms with E-state index in [0.29, 0.717) is 6.42 Å². The van der Waals surface area contributed by atoms with Gasteiger partial charge in [0, 0.05) is 12.0 Å². The molecule has 0 aliphatic heterocycles. The van der Waals surface area contributed by atoms with E-state index in [2.05, 4.69) is 19.1 Å². The lowest BCUT2D eigenvalue weighted by molar-refractivity contribution is 0.174. The SMILES string of the molecule is COc1ccccc1C(O)Cc1cccc(C)c1. The van der Waals surface area contributed by atoms with Gasteiger partial charge < -0.3 is 9.84 Å². The molecule has 0 amide bonds. The zero-order valence-corrected chi connectivity index (χ0v) is 10.8. The Balaban J connectivity index is 2.19. The van der Waals surface area contributed by atoms with E-state index < -0.39 is 6.10 Å². The Morgan fingerprint density at radius 2 is 1.89 bits per heavy atom. The van der Waals surface area contributed by atoms with Gasteiger partial charge in [0.2, 0.25) is 0 Å². The number of ether oxygens (including phenoxy) is 1. The van der Waals surface area contributed by atoms with Gasteiger partial charge in [-0.2, -0.15) is 0 Å². The van der Waals surface area contributed by atoms with Gasteiger partial charge >= 0.3 is 0 Å². The van der Waals surface area contributed by atoms with Crippen LogP contribution in [0.1, 0.15) is 22.8 Å². The molecule has 0 radical (unpaired) electrons. The van der Waals surface area contributed by atoms with Crippen LogP contribution in [0.4, 0.5) is 0 Å². The molecule has 0 heterocycles. The van der Waals surface area contributed by atoms with E-state index in [1.807, 2.05) is 36.4 Å². The molecule has 0 fully saturated rings. The monoisotopic (exact) mass is 242 g/mol. The third kappa shape index (κ3) is 2.90. The van der Waals surface area contributed by atoms with Crippen LogP contribution in [0.3, 0.4) is 0 Å². The van der Waals surface area contributed by atoms with Crippen LogP contribution >= 0.6 is 0 Å². The number of benzene rings is 2. The summed E-state index contributed by atoms with van der Waals surface area (Å²) in [5.41, 5.74) is 3.18. The Morgan fingerprint density at radius 3 is 2.61 bits per heavy atom. The third-order valence-corrected chi connectivity index (χ3v) is 3.01. The fourth-order valence-electron chi connectivity index (χ4n) is 2.11. The predicted molar refractivity (Wildman–Crippen MR) is 72.8 cm³/mol. The van der Waals surface area contributed by atoms with Crippen molar-refractivity contribution in [3.63, 3.8) is 0 Å². The summed E-state index contributed by atoms with van der Waals surface area (Å²) in [6.45, 7) is 2.05.